The van der Waals surface area contributed by atoms with Crippen LogP contribution in [0.15, 0.2) is 41.3 Å². The Hall–Kier alpha value is -3.15. The predicted molar refractivity (Wildman–Crippen MR) is 154 cm³/mol. The molecule has 0 saturated heterocycles. The number of hydrogen-bond acceptors (Lipinski definition) is 7. The van der Waals surface area contributed by atoms with Gasteiger partial charge in [0.05, 0.1) is 17.9 Å². The van der Waals surface area contributed by atoms with Crippen LogP contribution in [0.2, 0.25) is 0 Å². The lowest BCUT2D eigenvalue weighted by atomic mass is 10.0. The molecular formula is C25H27F2IN6O5S. The van der Waals surface area contributed by atoms with Gasteiger partial charge in [-0.1, -0.05) is 0 Å². The first-order chi connectivity index (χ1) is 19.0. The fraction of sp³-hybridized carbons (Fsp3) is 0.320. The number of benzene rings is 1. The summed E-state index contributed by atoms with van der Waals surface area (Å²) < 4.78 is 65.2. The number of pyridine rings is 2. The van der Waals surface area contributed by atoms with Crippen molar-refractivity contribution in [3.05, 3.63) is 78.8 Å². The van der Waals surface area contributed by atoms with Crippen LogP contribution in [-0.2, 0) is 28.4 Å². The van der Waals surface area contributed by atoms with Crippen LogP contribution >= 0.6 is 22.6 Å². The zero-order chi connectivity index (χ0) is 29.0. The summed E-state index contributed by atoms with van der Waals surface area (Å²) in [6.45, 7) is 0.0687. The second-order valence-corrected chi connectivity index (χ2v) is 11.8. The largest absolute Gasteiger partial charge is 0.383 e. The summed E-state index contributed by atoms with van der Waals surface area (Å²) in [6.07, 6.45) is 2.57. The van der Waals surface area contributed by atoms with Crippen molar-refractivity contribution in [1.29, 1.82) is 0 Å². The Balaban J connectivity index is 1.69. The van der Waals surface area contributed by atoms with Gasteiger partial charge in [-0.15, -0.1) is 0 Å². The summed E-state index contributed by atoms with van der Waals surface area (Å²) in [5.74, 6) is -2.51. The first-order valence-electron chi connectivity index (χ1n) is 12.1. The molecule has 4 rings (SSSR count). The number of carbonyl (C=O) groups is 1. The number of ether oxygens (including phenoxy) is 1. The van der Waals surface area contributed by atoms with Gasteiger partial charge >= 0.3 is 0 Å². The number of halogens is 3. The number of nitrogens with zero attached hydrogens (tertiary/aromatic N) is 2. The SMILES string of the molecule is COCCNS(=O)(=O)Nc1nccc(Cc2cc(C(=O)NC3CC3)c(Nc3ccc(I)cc3F)n(C)c2=O)c1F. The lowest BCUT2D eigenvalue weighted by Gasteiger charge is -2.18. The predicted octanol–water partition coefficient (Wildman–Crippen LogP) is 2.78. The highest BCUT2D eigenvalue weighted by atomic mass is 127. The maximum absolute atomic E-state index is 15.3. The van der Waals surface area contributed by atoms with Crippen LogP contribution in [-0.4, -0.2) is 50.2 Å². The van der Waals surface area contributed by atoms with E-state index in [0.29, 0.717) is 3.57 Å². The molecule has 15 heteroatoms. The van der Waals surface area contributed by atoms with Crippen LogP contribution in [0.25, 0.3) is 0 Å². The van der Waals surface area contributed by atoms with Gasteiger partial charge in [-0.05, 0) is 71.3 Å². The Morgan fingerprint density at radius 2 is 1.95 bits per heavy atom. The Morgan fingerprint density at radius 1 is 1.20 bits per heavy atom. The maximum atomic E-state index is 15.3. The summed E-state index contributed by atoms with van der Waals surface area (Å²) in [5, 5.41) is 5.72. The van der Waals surface area contributed by atoms with Crippen LogP contribution in [0.1, 0.15) is 34.3 Å². The van der Waals surface area contributed by atoms with Crippen molar-refractivity contribution in [2.24, 2.45) is 7.05 Å². The molecule has 0 bridgehead atoms. The second-order valence-electron chi connectivity index (χ2n) is 9.10. The number of amides is 1. The third kappa shape index (κ3) is 7.32. The number of carbonyl (C=O) groups excluding carboxylic acids is 1. The molecule has 40 heavy (non-hydrogen) atoms. The Morgan fingerprint density at radius 3 is 2.62 bits per heavy atom. The van der Waals surface area contributed by atoms with E-state index in [2.05, 4.69) is 20.3 Å². The normalized spacial score (nSPS) is 13.2. The molecule has 0 radical (unpaired) electrons. The molecule has 0 aliphatic heterocycles. The van der Waals surface area contributed by atoms with E-state index in [0.717, 1.165) is 17.4 Å². The summed E-state index contributed by atoms with van der Waals surface area (Å²) in [5.41, 5.74) is -0.385. The topological polar surface area (TPSA) is 143 Å². The van der Waals surface area contributed by atoms with E-state index in [1.165, 1.54) is 44.6 Å². The standard InChI is InChI=1S/C25H27F2IN6O5S/c1-34-23(32-20-6-3-16(28)13-19(20)26)18(24(35)31-17-4-5-17)12-15(25(34)36)11-14-7-8-29-22(21(14)27)33-40(37,38)30-9-10-39-2/h3,6-8,12-13,17,30,32H,4-5,9-11H2,1-2H3,(H,29,33)(H,31,35). The van der Waals surface area contributed by atoms with Crippen LogP contribution in [0.5, 0.6) is 0 Å². The minimum atomic E-state index is -4.14. The molecule has 1 saturated carbocycles. The van der Waals surface area contributed by atoms with Crippen LogP contribution in [0.3, 0.4) is 0 Å². The molecule has 2 heterocycles. The average Bonchev–Trinajstić information content (AvgIpc) is 3.71. The summed E-state index contributed by atoms with van der Waals surface area (Å²) in [4.78, 5) is 30.3. The first-order valence-corrected chi connectivity index (χ1v) is 14.7. The molecule has 2 aromatic heterocycles. The van der Waals surface area contributed by atoms with E-state index in [4.69, 9.17) is 4.74 Å². The van der Waals surface area contributed by atoms with E-state index in [-0.39, 0.29) is 53.8 Å². The van der Waals surface area contributed by atoms with Crippen molar-refractivity contribution >= 4 is 56.0 Å². The monoisotopic (exact) mass is 688 g/mol. The molecule has 0 atom stereocenters. The van der Waals surface area contributed by atoms with Gasteiger partial charge in [0.15, 0.2) is 11.6 Å². The Bertz CT molecular complexity index is 1600. The van der Waals surface area contributed by atoms with Gasteiger partial charge in [0.1, 0.15) is 11.6 Å². The highest BCUT2D eigenvalue weighted by Gasteiger charge is 2.27. The smallest absolute Gasteiger partial charge is 0.300 e. The highest BCUT2D eigenvalue weighted by Crippen LogP contribution is 2.27. The minimum Gasteiger partial charge on any atom is -0.383 e. The van der Waals surface area contributed by atoms with Gasteiger partial charge in [0.25, 0.3) is 21.7 Å². The molecule has 1 amide bonds. The Kier molecular flexibility index (Phi) is 9.37. The van der Waals surface area contributed by atoms with E-state index in [1.807, 2.05) is 27.3 Å². The molecule has 3 aromatic rings. The van der Waals surface area contributed by atoms with Crippen LogP contribution in [0.4, 0.5) is 26.1 Å². The molecule has 0 spiro atoms. The quantitative estimate of drug-likeness (QED) is 0.169. The average molecular weight is 688 g/mol. The van der Waals surface area contributed by atoms with E-state index < -0.39 is 39.1 Å². The summed E-state index contributed by atoms with van der Waals surface area (Å²) in [7, 11) is -1.32. The lowest BCUT2D eigenvalue weighted by molar-refractivity contribution is 0.0951. The summed E-state index contributed by atoms with van der Waals surface area (Å²) in [6, 6.07) is 7.13. The second kappa shape index (κ2) is 12.6. The summed E-state index contributed by atoms with van der Waals surface area (Å²) >= 11 is 1.97. The van der Waals surface area contributed by atoms with Crippen LogP contribution in [0, 0.1) is 15.2 Å². The van der Waals surface area contributed by atoms with Crippen molar-refractivity contribution in [1.82, 2.24) is 19.6 Å². The van der Waals surface area contributed by atoms with Crippen molar-refractivity contribution in [2.75, 3.05) is 30.3 Å². The van der Waals surface area contributed by atoms with Gasteiger partial charge in [-0.3, -0.25) is 18.9 Å². The number of nitrogens with one attached hydrogen (secondary N) is 4. The molecule has 214 valence electrons. The fourth-order valence-electron chi connectivity index (χ4n) is 3.80. The molecule has 1 aliphatic rings. The number of anilines is 3. The van der Waals surface area contributed by atoms with Crippen molar-refractivity contribution in [3.8, 4) is 0 Å². The third-order valence-corrected chi connectivity index (χ3v) is 7.73. The minimum absolute atomic E-state index is 0.00166. The van der Waals surface area contributed by atoms with Gasteiger partial charge in [-0.25, -0.2) is 13.8 Å². The number of rotatable bonds is 12. The third-order valence-electron chi connectivity index (χ3n) is 6.01. The van der Waals surface area contributed by atoms with Gasteiger partial charge in [-0.2, -0.15) is 13.1 Å². The van der Waals surface area contributed by atoms with Crippen LogP contribution < -0.4 is 25.6 Å². The zero-order valence-corrected chi connectivity index (χ0v) is 24.5. The van der Waals surface area contributed by atoms with E-state index in [9.17, 15) is 22.4 Å². The first kappa shape index (κ1) is 29.8. The van der Waals surface area contributed by atoms with Crippen molar-refractivity contribution in [3.63, 3.8) is 0 Å². The number of hydrogen-bond donors (Lipinski definition) is 4. The fourth-order valence-corrected chi connectivity index (χ4v) is 5.07. The molecule has 1 aliphatic carbocycles. The molecule has 11 nitrogen and oxygen atoms in total. The molecule has 1 fully saturated rings. The molecule has 4 N–H and O–H groups in total. The molecule has 1 aromatic carbocycles. The maximum Gasteiger partial charge on any atom is 0.300 e. The van der Waals surface area contributed by atoms with Gasteiger partial charge < -0.3 is 15.4 Å². The highest BCUT2D eigenvalue weighted by molar-refractivity contribution is 14.1. The Labute approximate surface area is 243 Å². The lowest BCUT2D eigenvalue weighted by Crippen LogP contribution is -2.33. The van der Waals surface area contributed by atoms with E-state index >= 15 is 4.39 Å². The van der Waals surface area contributed by atoms with Gasteiger partial charge in [0.2, 0.25) is 0 Å². The molecule has 0 unspecified atom stereocenters. The van der Waals surface area contributed by atoms with E-state index in [1.54, 1.807) is 6.07 Å². The number of methoxy groups -OCH3 is 1. The zero-order valence-electron chi connectivity index (χ0n) is 21.6. The van der Waals surface area contributed by atoms with Gasteiger partial charge in [0, 0.05) is 48.5 Å². The van der Waals surface area contributed by atoms with Crippen molar-refractivity contribution in [2.45, 2.75) is 25.3 Å². The molecular weight excluding hydrogens is 661 g/mol. The number of aromatic nitrogens is 2. The van der Waals surface area contributed by atoms with Crippen molar-refractivity contribution < 1.29 is 26.7 Å².